The van der Waals surface area contributed by atoms with Gasteiger partial charge in [0.15, 0.2) is 0 Å². The van der Waals surface area contributed by atoms with Crippen LogP contribution in [0.5, 0.6) is 0 Å². The molecule has 3 aromatic heterocycles. The highest BCUT2D eigenvalue weighted by Gasteiger charge is 2.19. The third-order valence-corrected chi connectivity index (χ3v) is 6.55. The van der Waals surface area contributed by atoms with Gasteiger partial charge in [-0.1, -0.05) is 41.4 Å². The Morgan fingerprint density at radius 1 is 1.26 bits per heavy atom. The van der Waals surface area contributed by atoms with Gasteiger partial charge in [0.05, 0.1) is 18.3 Å². The molecule has 0 spiro atoms. The van der Waals surface area contributed by atoms with Crippen molar-refractivity contribution in [1.29, 1.82) is 0 Å². The minimum atomic E-state index is -0.159. The SMILES string of the molecule is CCCCc1nc2c(sc3nc(C)cc(COC)c32)c(=O)n1/N=C\c1ccc(Br)cc1. The number of aryl methyl sites for hydroxylation is 2. The molecule has 8 heteroatoms. The van der Waals surface area contributed by atoms with Crippen molar-refractivity contribution < 1.29 is 4.74 Å². The van der Waals surface area contributed by atoms with E-state index in [9.17, 15) is 4.79 Å². The Hall–Kier alpha value is -2.42. The van der Waals surface area contributed by atoms with E-state index in [0.29, 0.717) is 29.1 Å². The molecule has 0 saturated heterocycles. The number of rotatable bonds is 7. The summed E-state index contributed by atoms with van der Waals surface area (Å²) in [5, 5.41) is 5.43. The summed E-state index contributed by atoms with van der Waals surface area (Å²) in [5.74, 6) is 0.663. The number of unbranched alkanes of at least 4 members (excludes halogenated alkanes) is 1. The molecule has 0 saturated carbocycles. The lowest BCUT2D eigenvalue weighted by molar-refractivity contribution is 0.186. The van der Waals surface area contributed by atoms with Crippen molar-refractivity contribution in [2.24, 2.45) is 5.10 Å². The maximum absolute atomic E-state index is 13.5. The van der Waals surface area contributed by atoms with Crippen LogP contribution in [0, 0.1) is 6.92 Å². The second-order valence-corrected chi connectivity index (χ2v) is 9.28. The molecule has 6 nitrogen and oxygen atoms in total. The lowest BCUT2D eigenvalue weighted by Gasteiger charge is -2.08. The van der Waals surface area contributed by atoms with Crippen LogP contribution < -0.4 is 5.56 Å². The summed E-state index contributed by atoms with van der Waals surface area (Å²) in [6.07, 6.45) is 4.30. The number of pyridine rings is 1. The molecule has 0 bridgehead atoms. The van der Waals surface area contributed by atoms with Gasteiger partial charge in [-0.2, -0.15) is 9.78 Å². The number of halogens is 1. The van der Waals surface area contributed by atoms with E-state index in [1.165, 1.54) is 16.0 Å². The zero-order valence-corrected chi connectivity index (χ0v) is 20.1. The van der Waals surface area contributed by atoms with Gasteiger partial charge >= 0.3 is 0 Å². The summed E-state index contributed by atoms with van der Waals surface area (Å²) in [5.41, 5.74) is 3.35. The summed E-state index contributed by atoms with van der Waals surface area (Å²) in [6.45, 7) is 4.52. The molecule has 3 heterocycles. The number of methoxy groups -OCH3 is 1. The number of ether oxygens (including phenoxy) is 1. The average molecular weight is 499 g/mol. The molecule has 0 N–H and O–H groups in total. The minimum Gasteiger partial charge on any atom is -0.380 e. The number of thiophene rings is 1. The fourth-order valence-electron chi connectivity index (χ4n) is 3.50. The smallest absolute Gasteiger partial charge is 0.292 e. The van der Waals surface area contributed by atoms with Crippen LogP contribution in [0.1, 0.15) is 42.4 Å². The van der Waals surface area contributed by atoms with Crippen LogP contribution >= 0.6 is 27.3 Å². The van der Waals surface area contributed by atoms with Crippen LogP contribution in [0.15, 0.2) is 44.7 Å². The second-order valence-electron chi connectivity index (χ2n) is 7.36. The van der Waals surface area contributed by atoms with E-state index in [1.54, 1.807) is 13.3 Å². The van der Waals surface area contributed by atoms with Crippen molar-refractivity contribution in [3.63, 3.8) is 0 Å². The summed E-state index contributed by atoms with van der Waals surface area (Å²) >= 11 is 4.81. The molecule has 0 unspecified atom stereocenters. The monoisotopic (exact) mass is 498 g/mol. The Morgan fingerprint density at radius 2 is 2.03 bits per heavy atom. The van der Waals surface area contributed by atoms with Gasteiger partial charge in [-0.05, 0) is 42.7 Å². The van der Waals surface area contributed by atoms with E-state index in [-0.39, 0.29) is 5.56 Å². The quantitative estimate of drug-likeness (QED) is 0.317. The highest BCUT2D eigenvalue weighted by Crippen LogP contribution is 2.33. The highest BCUT2D eigenvalue weighted by molar-refractivity contribution is 9.10. The largest absolute Gasteiger partial charge is 0.380 e. The molecule has 0 aliphatic rings. The summed E-state index contributed by atoms with van der Waals surface area (Å²) in [7, 11) is 1.67. The van der Waals surface area contributed by atoms with Crippen molar-refractivity contribution in [1.82, 2.24) is 14.6 Å². The number of hydrogen-bond acceptors (Lipinski definition) is 6. The fourth-order valence-corrected chi connectivity index (χ4v) is 4.89. The predicted octanol–water partition coefficient (Wildman–Crippen LogP) is 5.45. The van der Waals surface area contributed by atoms with Gasteiger partial charge in [-0.3, -0.25) is 4.79 Å². The Balaban J connectivity index is 1.93. The van der Waals surface area contributed by atoms with Crippen molar-refractivity contribution >= 4 is 53.9 Å². The molecule has 0 fully saturated rings. The van der Waals surface area contributed by atoms with E-state index in [4.69, 9.17) is 9.72 Å². The molecule has 160 valence electrons. The Bertz CT molecular complexity index is 1330. The van der Waals surface area contributed by atoms with Gasteiger partial charge in [-0.25, -0.2) is 9.97 Å². The second kappa shape index (κ2) is 9.38. The van der Waals surface area contributed by atoms with Gasteiger partial charge in [0, 0.05) is 29.1 Å². The van der Waals surface area contributed by atoms with Crippen molar-refractivity contribution in [3.8, 4) is 0 Å². The topological polar surface area (TPSA) is 69.4 Å². The first-order valence-corrected chi connectivity index (χ1v) is 11.8. The molecule has 0 atom stereocenters. The normalized spacial score (nSPS) is 11.9. The van der Waals surface area contributed by atoms with E-state index in [0.717, 1.165) is 44.4 Å². The first kappa shape index (κ1) is 21.8. The molecule has 31 heavy (non-hydrogen) atoms. The van der Waals surface area contributed by atoms with Gasteiger partial charge in [0.2, 0.25) is 0 Å². The van der Waals surface area contributed by atoms with E-state index in [2.05, 4.69) is 32.9 Å². The zero-order valence-electron chi connectivity index (χ0n) is 17.7. The Kier molecular flexibility index (Phi) is 6.60. The Labute approximate surface area is 192 Å². The standard InChI is InChI=1S/C23H23BrN4O2S/c1-4-5-6-18-27-20-19-16(13-30-3)11-14(2)26-22(19)31-21(20)23(29)28(18)25-12-15-7-9-17(24)10-8-15/h7-12H,4-6,13H2,1-3H3/b25-12-. The highest BCUT2D eigenvalue weighted by atomic mass is 79.9. The number of aromatic nitrogens is 3. The number of hydrogen-bond donors (Lipinski definition) is 0. The molecule has 0 radical (unpaired) electrons. The molecule has 0 aliphatic carbocycles. The van der Waals surface area contributed by atoms with Gasteiger partial charge in [0.1, 0.15) is 15.4 Å². The Morgan fingerprint density at radius 3 is 2.74 bits per heavy atom. The maximum Gasteiger partial charge on any atom is 0.292 e. The summed E-state index contributed by atoms with van der Waals surface area (Å²) < 4.78 is 8.40. The molecule has 0 amide bonds. The molecular weight excluding hydrogens is 476 g/mol. The van der Waals surface area contributed by atoms with Gasteiger partial charge in [-0.15, -0.1) is 11.3 Å². The average Bonchev–Trinajstić information content (AvgIpc) is 3.11. The minimum absolute atomic E-state index is 0.159. The predicted molar refractivity (Wildman–Crippen MR) is 130 cm³/mol. The van der Waals surface area contributed by atoms with Gasteiger partial charge in [0.25, 0.3) is 5.56 Å². The molecular formula is C23H23BrN4O2S. The van der Waals surface area contributed by atoms with E-state index < -0.39 is 0 Å². The third kappa shape index (κ3) is 4.46. The summed E-state index contributed by atoms with van der Waals surface area (Å²) in [4.78, 5) is 23.8. The van der Waals surface area contributed by atoms with Crippen molar-refractivity contribution in [2.45, 2.75) is 39.7 Å². The fraction of sp³-hybridized carbons (Fsp3) is 0.304. The first-order chi connectivity index (χ1) is 15.0. The van der Waals surface area contributed by atoms with Crippen LogP contribution in [0.4, 0.5) is 0 Å². The first-order valence-electron chi connectivity index (χ1n) is 10.1. The van der Waals surface area contributed by atoms with Gasteiger partial charge < -0.3 is 4.74 Å². The van der Waals surface area contributed by atoms with E-state index >= 15 is 0 Å². The van der Waals surface area contributed by atoms with Crippen molar-refractivity contribution in [2.75, 3.05) is 7.11 Å². The van der Waals surface area contributed by atoms with Crippen LogP contribution in [0.3, 0.4) is 0 Å². The van der Waals surface area contributed by atoms with Crippen LogP contribution in [0.25, 0.3) is 20.4 Å². The number of benzene rings is 1. The van der Waals surface area contributed by atoms with Crippen molar-refractivity contribution in [3.05, 3.63) is 67.8 Å². The molecule has 4 aromatic rings. The van der Waals surface area contributed by atoms with Crippen LogP contribution in [-0.2, 0) is 17.8 Å². The molecule has 0 aliphatic heterocycles. The number of nitrogens with zero attached hydrogens (tertiary/aromatic N) is 4. The van der Waals surface area contributed by atoms with E-state index in [1.807, 2.05) is 37.3 Å². The summed E-state index contributed by atoms with van der Waals surface area (Å²) in [6, 6.07) is 9.78. The zero-order chi connectivity index (χ0) is 22.0. The van der Waals surface area contributed by atoms with Crippen LogP contribution in [-0.4, -0.2) is 28.0 Å². The van der Waals surface area contributed by atoms with Crippen LogP contribution in [0.2, 0.25) is 0 Å². The lowest BCUT2D eigenvalue weighted by atomic mass is 10.1. The molecule has 1 aromatic carbocycles. The lowest BCUT2D eigenvalue weighted by Crippen LogP contribution is -2.21. The number of fused-ring (bicyclic) bond motifs is 3. The third-order valence-electron chi connectivity index (χ3n) is 4.96. The maximum atomic E-state index is 13.5. The molecule has 4 rings (SSSR count).